The van der Waals surface area contributed by atoms with E-state index in [-0.39, 0.29) is 18.5 Å². The van der Waals surface area contributed by atoms with Gasteiger partial charge in [-0.15, -0.1) is 0 Å². The third-order valence-corrected chi connectivity index (χ3v) is 6.62. The summed E-state index contributed by atoms with van der Waals surface area (Å²) in [6.07, 6.45) is 6.52. The van der Waals surface area contributed by atoms with Crippen LogP contribution in [-0.2, 0) is 29.7 Å². The number of rotatable bonds is 7. The number of likely N-dealkylation sites (tertiary alicyclic amines) is 1. The van der Waals surface area contributed by atoms with Crippen molar-refractivity contribution in [1.82, 2.24) is 29.5 Å². The van der Waals surface area contributed by atoms with Gasteiger partial charge in [-0.25, -0.2) is 4.79 Å². The van der Waals surface area contributed by atoms with E-state index in [1.807, 2.05) is 30.1 Å². The molecule has 4 heterocycles. The Bertz CT molecular complexity index is 936. The maximum Gasteiger partial charge on any atom is 0.328 e. The van der Waals surface area contributed by atoms with Crippen LogP contribution < -0.4 is 0 Å². The summed E-state index contributed by atoms with van der Waals surface area (Å²) in [5, 5.41) is 4.33. The number of piperidine rings is 1. The van der Waals surface area contributed by atoms with Crippen LogP contribution in [0, 0.1) is 6.92 Å². The molecule has 0 unspecified atom stereocenters. The van der Waals surface area contributed by atoms with Gasteiger partial charge in [0.05, 0.1) is 19.3 Å². The number of methoxy groups -OCH3 is 1. The highest BCUT2D eigenvalue weighted by molar-refractivity contribution is 6.07. The van der Waals surface area contributed by atoms with E-state index in [9.17, 15) is 9.59 Å². The van der Waals surface area contributed by atoms with E-state index in [0.717, 1.165) is 30.9 Å². The number of amides is 3. The molecule has 0 radical (unpaired) electrons. The molecule has 9 heteroatoms. The van der Waals surface area contributed by atoms with Crippen molar-refractivity contribution in [2.75, 3.05) is 33.4 Å². The first kappa shape index (κ1) is 21.5. The van der Waals surface area contributed by atoms with E-state index in [1.54, 1.807) is 24.4 Å². The normalized spacial score (nSPS) is 19.1. The third kappa shape index (κ3) is 3.95. The van der Waals surface area contributed by atoms with E-state index in [4.69, 9.17) is 4.74 Å². The number of ether oxygens (including phenoxy) is 1. The molecule has 0 bridgehead atoms. The third-order valence-electron chi connectivity index (χ3n) is 6.62. The number of hydrogen-bond acceptors (Lipinski definition) is 6. The minimum absolute atomic E-state index is 0.102. The molecular formula is C22H30N6O3. The summed E-state index contributed by atoms with van der Waals surface area (Å²) in [4.78, 5) is 36.4. The molecule has 2 aromatic rings. The summed E-state index contributed by atoms with van der Waals surface area (Å²) >= 11 is 0. The highest BCUT2D eigenvalue weighted by Crippen LogP contribution is 2.38. The zero-order chi connectivity index (χ0) is 22.0. The number of carbonyl (C=O) groups excluding carboxylic acids is 2. The Balaban J connectivity index is 1.51. The SMILES string of the molecule is COCCN1C(=O)N(Cc2cccnc2)C(=O)C12CCN(Cc1cnn(C)c1C)CC2. The fraction of sp³-hybridized carbons (Fsp3) is 0.545. The second-order valence-electron chi connectivity index (χ2n) is 8.37. The molecular weight excluding hydrogens is 396 g/mol. The van der Waals surface area contributed by atoms with Crippen LogP contribution in [0.2, 0.25) is 0 Å². The Labute approximate surface area is 182 Å². The number of aromatic nitrogens is 3. The van der Waals surface area contributed by atoms with Gasteiger partial charge in [0.25, 0.3) is 5.91 Å². The standard InChI is InChI=1S/C22H30N6O3/c1-17-19(14-24-25(17)2)16-26-9-6-22(7-10-26)20(29)27(15-18-5-4-8-23-13-18)21(30)28(22)11-12-31-3/h4-5,8,13-14H,6-7,9-12,15-16H2,1-3H3. The molecule has 31 heavy (non-hydrogen) atoms. The van der Waals surface area contributed by atoms with Gasteiger partial charge in [-0.1, -0.05) is 6.07 Å². The average Bonchev–Trinajstić information content (AvgIpc) is 3.19. The minimum Gasteiger partial charge on any atom is -0.383 e. The van der Waals surface area contributed by atoms with Crippen molar-refractivity contribution in [3.8, 4) is 0 Å². The van der Waals surface area contributed by atoms with Crippen LogP contribution in [-0.4, -0.2) is 80.3 Å². The molecule has 0 aliphatic carbocycles. The van der Waals surface area contributed by atoms with Crippen molar-refractivity contribution < 1.29 is 14.3 Å². The number of hydrogen-bond donors (Lipinski definition) is 0. The summed E-state index contributed by atoms with van der Waals surface area (Å²) < 4.78 is 7.11. The van der Waals surface area contributed by atoms with E-state index in [0.29, 0.717) is 26.0 Å². The van der Waals surface area contributed by atoms with Gasteiger partial charge < -0.3 is 9.64 Å². The highest BCUT2D eigenvalue weighted by atomic mass is 16.5. The molecule has 0 atom stereocenters. The number of aryl methyl sites for hydroxylation is 1. The van der Waals surface area contributed by atoms with Gasteiger partial charge in [0, 0.05) is 64.0 Å². The van der Waals surface area contributed by atoms with Crippen LogP contribution in [0.5, 0.6) is 0 Å². The lowest BCUT2D eigenvalue weighted by Gasteiger charge is -2.42. The van der Waals surface area contributed by atoms with Crippen molar-refractivity contribution in [3.05, 3.63) is 47.5 Å². The number of carbonyl (C=O) groups is 2. The van der Waals surface area contributed by atoms with Crippen molar-refractivity contribution >= 4 is 11.9 Å². The number of pyridine rings is 1. The molecule has 0 N–H and O–H groups in total. The Kier molecular flexibility index (Phi) is 6.06. The van der Waals surface area contributed by atoms with Gasteiger partial charge in [0.15, 0.2) is 0 Å². The van der Waals surface area contributed by atoms with E-state index < -0.39 is 5.54 Å². The number of urea groups is 1. The van der Waals surface area contributed by atoms with E-state index in [2.05, 4.69) is 21.9 Å². The average molecular weight is 427 g/mol. The maximum absolute atomic E-state index is 13.6. The molecule has 1 spiro atoms. The molecule has 3 amide bonds. The summed E-state index contributed by atoms with van der Waals surface area (Å²) in [6.45, 7) is 5.42. The number of nitrogens with zero attached hydrogens (tertiary/aromatic N) is 6. The Morgan fingerprint density at radius 2 is 1.94 bits per heavy atom. The van der Waals surface area contributed by atoms with Crippen molar-refractivity contribution in [1.29, 1.82) is 0 Å². The number of imide groups is 1. The van der Waals surface area contributed by atoms with Crippen LogP contribution in [0.3, 0.4) is 0 Å². The fourth-order valence-electron chi connectivity index (χ4n) is 4.59. The fourth-order valence-corrected chi connectivity index (χ4v) is 4.59. The van der Waals surface area contributed by atoms with Crippen LogP contribution in [0.25, 0.3) is 0 Å². The van der Waals surface area contributed by atoms with E-state index >= 15 is 0 Å². The first-order valence-electron chi connectivity index (χ1n) is 10.7. The van der Waals surface area contributed by atoms with Gasteiger partial charge in [-0.3, -0.25) is 24.3 Å². The van der Waals surface area contributed by atoms with Crippen molar-refractivity contribution in [2.24, 2.45) is 7.05 Å². The van der Waals surface area contributed by atoms with Gasteiger partial charge in [0.2, 0.25) is 0 Å². The molecule has 9 nitrogen and oxygen atoms in total. The topological polar surface area (TPSA) is 83.8 Å². The second kappa shape index (κ2) is 8.76. The molecule has 166 valence electrons. The summed E-state index contributed by atoms with van der Waals surface area (Å²) in [5.74, 6) is -0.102. The molecule has 2 fully saturated rings. The summed E-state index contributed by atoms with van der Waals surface area (Å²) in [6, 6.07) is 3.47. The first-order valence-corrected chi connectivity index (χ1v) is 10.7. The predicted octanol–water partition coefficient (Wildman–Crippen LogP) is 1.57. The monoisotopic (exact) mass is 426 g/mol. The van der Waals surface area contributed by atoms with Gasteiger partial charge in [-0.2, -0.15) is 5.10 Å². The Hall–Kier alpha value is -2.78. The summed E-state index contributed by atoms with van der Waals surface area (Å²) in [7, 11) is 3.55. The molecule has 0 aromatic carbocycles. The minimum atomic E-state index is -0.793. The van der Waals surface area contributed by atoms with Crippen molar-refractivity contribution in [2.45, 2.75) is 38.4 Å². The molecule has 2 aromatic heterocycles. The van der Waals surface area contributed by atoms with Crippen LogP contribution in [0.15, 0.2) is 30.7 Å². The highest BCUT2D eigenvalue weighted by Gasteiger charge is 2.57. The Morgan fingerprint density at radius 3 is 2.55 bits per heavy atom. The molecule has 2 aliphatic heterocycles. The molecule has 2 saturated heterocycles. The van der Waals surface area contributed by atoms with Gasteiger partial charge in [-0.05, 0) is 31.4 Å². The second-order valence-corrected chi connectivity index (χ2v) is 8.37. The largest absolute Gasteiger partial charge is 0.383 e. The smallest absolute Gasteiger partial charge is 0.328 e. The van der Waals surface area contributed by atoms with Crippen molar-refractivity contribution in [3.63, 3.8) is 0 Å². The lowest BCUT2D eigenvalue weighted by Crippen LogP contribution is -2.57. The van der Waals surface area contributed by atoms with Gasteiger partial charge >= 0.3 is 6.03 Å². The molecule has 2 aliphatic rings. The molecule has 0 saturated carbocycles. The van der Waals surface area contributed by atoms with Crippen LogP contribution in [0.4, 0.5) is 4.79 Å². The Morgan fingerprint density at radius 1 is 1.16 bits per heavy atom. The van der Waals surface area contributed by atoms with Crippen LogP contribution in [0.1, 0.15) is 29.7 Å². The van der Waals surface area contributed by atoms with E-state index in [1.165, 1.54) is 10.5 Å². The lowest BCUT2D eigenvalue weighted by atomic mass is 9.85. The van der Waals surface area contributed by atoms with Crippen LogP contribution >= 0.6 is 0 Å². The summed E-state index contributed by atoms with van der Waals surface area (Å²) in [5.41, 5.74) is 2.40. The lowest BCUT2D eigenvalue weighted by molar-refractivity contribution is -0.136. The first-order chi connectivity index (χ1) is 15.0. The zero-order valence-electron chi connectivity index (χ0n) is 18.5. The van der Waals surface area contributed by atoms with Gasteiger partial charge in [0.1, 0.15) is 5.54 Å². The predicted molar refractivity (Wildman–Crippen MR) is 114 cm³/mol. The zero-order valence-corrected chi connectivity index (χ0v) is 18.5. The quantitative estimate of drug-likeness (QED) is 0.625. The maximum atomic E-state index is 13.6. The molecule has 4 rings (SSSR count).